The molecule has 68 valence electrons. The van der Waals surface area contributed by atoms with Crippen LogP contribution in [0.5, 0.6) is 0 Å². The summed E-state index contributed by atoms with van der Waals surface area (Å²) in [6, 6.07) is 0. The van der Waals surface area contributed by atoms with E-state index in [1.807, 2.05) is 20.8 Å². The first-order valence-corrected chi connectivity index (χ1v) is 4.25. The van der Waals surface area contributed by atoms with Crippen molar-refractivity contribution in [3.63, 3.8) is 0 Å². The molecule has 12 heavy (non-hydrogen) atoms. The molecule has 1 aliphatic heterocycles. The van der Waals surface area contributed by atoms with Gasteiger partial charge in [0.2, 0.25) is 11.8 Å². The molecule has 1 rings (SSSR count). The molecule has 0 aliphatic carbocycles. The van der Waals surface area contributed by atoms with Gasteiger partial charge in [0.1, 0.15) is 0 Å². The second-order valence-corrected chi connectivity index (χ2v) is 4.37. The van der Waals surface area contributed by atoms with E-state index in [1.54, 1.807) is 0 Å². The van der Waals surface area contributed by atoms with Crippen molar-refractivity contribution in [3.8, 4) is 0 Å². The summed E-state index contributed by atoms with van der Waals surface area (Å²) in [5.41, 5.74) is -0.0369. The fraction of sp³-hybridized carbons (Fsp3) is 0.778. The topological polar surface area (TPSA) is 46.2 Å². The van der Waals surface area contributed by atoms with Crippen molar-refractivity contribution in [2.75, 3.05) is 0 Å². The smallest absolute Gasteiger partial charge is 0.230 e. The van der Waals surface area contributed by atoms with Crippen LogP contribution in [0, 0.1) is 11.3 Å². The summed E-state index contributed by atoms with van der Waals surface area (Å²) in [5, 5.41) is 2.36. The largest absolute Gasteiger partial charge is 0.296 e. The predicted octanol–water partition coefficient (Wildman–Crippen LogP) is 1.09. The Kier molecular flexibility index (Phi) is 2.22. The number of imide groups is 1. The van der Waals surface area contributed by atoms with Crippen LogP contribution >= 0.6 is 0 Å². The number of nitrogens with one attached hydrogen (secondary N) is 1. The number of hydrogen-bond acceptors (Lipinski definition) is 2. The highest BCUT2D eigenvalue weighted by Gasteiger charge is 2.35. The van der Waals surface area contributed by atoms with E-state index in [0.717, 1.165) is 0 Å². The molecule has 0 aromatic heterocycles. The number of carbonyl (C=O) groups excluding carboxylic acids is 2. The van der Waals surface area contributed by atoms with Crippen molar-refractivity contribution in [1.29, 1.82) is 0 Å². The van der Waals surface area contributed by atoms with E-state index in [1.165, 1.54) is 0 Å². The lowest BCUT2D eigenvalue weighted by Gasteiger charge is -2.31. The van der Waals surface area contributed by atoms with Gasteiger partial charge in [-0.15, -0.1) is 0 Å². The zero-order chi connectivity index (χ0) is 9.35. The fourth-order valence-electron chi connectivity index (χ4n) is 1.52. The average molecular weight is 169 g/mol. The highest BCUT2D eigenvalue weighted by Crippen LogP contribution is 2.31. The number of hydrogen-bond donors (Lipinski definition) is 1. The van der Waals surface area contributed by atoms with Gasteiger partial charge in [0.15, 0.2) is 0 Å². The van der Waals surface area contributed by atoms with Crippen molar-refractivity contribution >= 4 is 11.8 Å². The summed E-state index contributed by atoms with van der Waals surface area (Å²) in [6.45, 7) is 6.06. The summed E-state index contributed by atoms with van der Waals surface area (Å²) in [6.07, 6.45) is 1.17. The molecule has 1 unspecified atom stereocenters. The van der Waals surface area contributed by atoms with Crippen LogP contribution in [0.15, 0.2) is 0 Å². The quantitative estimate of drug-likeness (QED) is 0.552. The number of amides is 2. The SMILES string of the molecule is CC(C)(C)C1CCC(=O)NC1=O. The molecule has 1 saturated heterocycles. The molecule has 0 spiro atoms. The highest BCUT2D eigenvalue weighted by molar-refractivity contribution is 5.98. The Morgan fingerprint density at radius 2 is 1.92 bits per heavy atom. The van der Waals surface area contributed by atoms with Gasteiger partial charge in [-0.3, -0.25) is 14.9 Å². The zero-order valence-corrected chi connectivity index (χ0v) is 7.81. The summed E-state index contributed by atoms with van der Waals surface area (Å²) in [5.74, 6) is -0.269. The van der Waals surface area contributed by atoms with Crippen LogP contribution in [-0.4, -0.2) is 11.8 Å². The molecule has 0 aromatic rings. The summed E-state index contributed by atoms with van der Waals surface area (Å²) >= 11 is 0. The first kappa shape index (κ1) is 9.23. The van der Waals surface area contributed by atoms with Crippen molar-refractivity contribution in [2.24, 2.45) is 11.3 Å². The molecule has 1 heterocycles. The minimum atomic E-state index is -0.138. The Bertz CT molecular complexity index is 215. The van der Waals surface area contributed by atoms with Gasteiger partial charge in [0.05, 0.1) is 0 Å². The Morgan fingerprint density at radius 3 is 2.33 bits per heavy atom. The van der Waals surface area contributed by atoms with E-state index < -0.39 is 0 Å². The summed E-state index contributed by atoms with van der Waals surface area (Å²) < 4.78 is 0. The monoisotopic (exact) mass is 169 g/mol. The molecule has 2 amide bonds. The van der Waals surface area contributed by atoms with Gasteiger partial charge in [0.25, 0.3) is 0 Å². The van der Waals surface area contributed by atoms with Crippen LogP contribution in [-0.2, 0) is 9.59 Å². The molecule has 1 fully saturated rings. The molecule has 1 atom stereocenters. The number of piperidine rings is 1. The molecular formula is C9H15NO2. The third kappa shape index (κ3) is 1.84. The lowest BCUT2D eigenvalue weighted by atomic mass is 9.76. The number of carbonyl (C=O) groups is 2. The Hall–Kier alpha value is -0.860. The fourth-order valence-corrected chi connectivity index (χ4v) is 1.52. The van der Waals surface area contributed by atoms with Gasteiger partial charge < -0.3 is 0 Å². The minimum Gasteiger partial charge on any atom is -0.296 e. The van der Waals surface area contributed by atoms with Gasteiger partial charge >= 0.3 is 0 Å². The third-order valence-electron chi connectivity index (χ3n) is 2.28. The van der Waals surface area contributed by atoms with Crippen LogP contribution in [0.1, 0.15) is 33.6 Å². The van der Waals surface area contributed by atoms with Gasteiger partial charge in [0, 0.05) is 12.3 Å². The summed E-state index contributed by atoms with van der Waals surface area (Å²) in [7, 11) is 0. The molecule has 3 heteroatoms. The second-order valence-electron chi connectivity index (χ2n) is 4.37. The molecule has 0 saturated carbocycles. The van der Waals surface area contributed by atoms with Crippen molar-refractivity contribution in [3.05, 3.63) is 0 Å². The molecule has 0 radical (unpaired) electrons. The van der Waals surface area contributed by atoms with Crippen LogP contribution < -0.4 is 5.32 Å². The molecule has 1 aliphatic rings. The van der Waals surface area contributed by atoms with Crippen LogP contribution in [0.4, 0.5) is 0 Å². The van der Waals surface area contributed by atoms with E-state index in [4.69, 9.17) is 0 Å². The first-order chi connectivity index (χ1) is 5.41. The lowest BCUT2D eigenvalue weighted by Crippen LogP contribution is -2.45. The Balaban J connectivity index is 2.69. The van der Waals surface area contributed by atoms with E-state index in [9.17, 15) is 9.59 Å². The molecular weight excluding hydrogens is 154 g/mol. The third-order valence-corrected chi connectivity index (χ3v) is 2.28. The van der Waals surface area contributed by atoms with E-state index in [-0.39, 0.29) is 23.1 Å². The molecule has 1 N–H and O–H groups in total. The minimum absolute atomic E-state index is 0.0183. The maximum atomic E-state index is 11.3. The normalized spacial score (nSPS) is 25.4. The van der Waals surface area contributed by atoms with Gasteiger partial charge in [-0.1, -0.05) is 20.8 Å². The van der Waals surface area contributed by atoms with Crippen LogP contribution in [0.25, 0.3) is 0 Å². The zero-order valence-electron chi connectivity index (χ0n) is 7.81. The van der Waals surface area contributed by atoms with Crippen molar-refractivity contribution in [1.82, 2.24) is 5.32 Å². The molecule has 3 nitrogen and oxygen atoms in total. The van der Waals surface area contributed by atoms with Gasteiger partial charge in [-0.25, -0.2) is 0 Å². The van der Waals surface area contributed by atoms with Crippen LogP contribution in [0.3, 0.4) is 0 Å². The predicted molar refractivity (Wildman–Crippen MR) is 45.3 cm³/mol. The van der Waals surface area contributed by atoms with E-state index in [2.05, 4.69) is 5.32 Å². The van der Waals surface area contributed by atoms with Gasteiger partial charge in [-0.05, 0) is 11.8 Å². The standard InChI is InChI=1S/C9H15NO2/c1-9(2,3)6-4-5-7(11)10-8(6)12/h6H,4-5H2,1-3H3,(H,10,11,12). The second kappa shape index (κ2) is 2.88. The van der Waals surface area contributed by atoms with Crippen LogP contribution in [0.2, 0.25) is 0 Å². The average Bonchev–Trinajstić information content (AvgIpc) is 1.83. The maximum Gasteiger partial charge on any atom is 0.230 e. The van der Waals surface area contributed by atoms with Crippen molar-refractivity contribution in [2.45, 2.75) is 33.6 Å². The lowest BCUT2D eigenvalue weighted by molar-refractivity contribution is -0.139. The highest BCUT2D eigenvalue weighted by atomic mass is 16.2. The first-order valence-electron chi connectivity index (χ1n) is 4.25. The van der Waals surface area contributed by atoms with E-state index in [0.29, 0.717) is 12.8 Å². The number of rotatable bonds is 0. The Morgan fingerprint density at radius 1 is 1.33 bits per heavy atom. The van der Waals surface area contributed by atoms with E-state index >= 15 is 0 Å². The molecule has 0 bridgehead atoms. The van der Waals surface area contributed by atoms with Crippen molar-refractivity contribution < 1.29 is 9.59 Å². The Labute approximate surface area is 72.5 Å². The van der Waals surface area contributed by atoms with Gasteiger partial charge in [-0.2, -0.15) is 0 Å². The maximum absolute atomic E-state index is 11.3. The molecule has 0 aromatic carbocycles. The summed E-state index contributed by atoms with van der Waals surface area (Å²) in [4.78, 5) is 22.1.